The van der Waals surface area contributed by atoms with Gasteiger partial charge in [-0.3, -0.25) is 4.79 Å². The lowest BCUT2D eigenvalue weighted by Gasteiger charge is -2.14. The van der Waals surface area contributed by atoms with Gasteiger partial charge in [0.25, 0.3) is 0 Å². The zero-order chi connectivity index (χ0) is 12.7. The van der Waals surface area contributed by atoms with Crippen LogP contribution in [0.15, 0.2) is 30.3 Å². The minimum Gasteiger partial charge on any atom is -0.480 e. The summed E-state index contributed by atoms with van der Waals surface area (Å²) < 4.78 is 5.31. The highest BCUT2D eigenvalue weighted by Gasteiger charge is 2.21. The van der Waals surface area contributed by atoms with Crippen molar-refractivity contribution in [2.45, 2.75) is 25.2 Å². The fourth-order valence-electron chi connectivity index (χ4n) is 1.31. The summed E-state index contributed by atoms with van der Waals surface area (Å²) in [6.45, 7) is 0.715. The summed E-state index contributed by atoms with van der Waals surface area (Å²) in [6.07, 6.45) is -0.872. The van der Waals surface area contributed by atoms with Gasteiger partial charge in [0.1, 0.15) is 6.04 Å². The average molecular weight is 239 g/mol. The van der Waals surface area contributed by atoms with Gasteiger partial charge in [-0.15, -0.1) is 0 Å². The second kappa shape index (κ2) is 7.01. The third-order valence-corrected chi connectivity index (χ3v) is 2.37. The van der Waals surface area contributed by atoms with Gasteiger partial charge in [-0.2, -0.15) is 0 Å². The van der Waals surface area contributed by atoms with Crippen LogP contribution in [0, 0.1) is 0 Å². The highest BCUT2D eigenvalue weighted by molar-refractivity contribution is 5.73. The van der Waals surface area contributed by atoms with Crippen LogP contribution < -0.4 is 5.73 Å². The fourth-order valence-corrected chi connectivity index (χ4v) is 1.31. The highest BCUT2D eigenvalue weighted by Crippen LogP contribution is 2.03. The van der Waals surface area contributed by atoms with Crippen molar-refractivity contribution in [2.75, 3.05) is 6.61 Å². The number of aliphatic carboxylic acids is 1. The second-order valence-corrected chi connectivity index (χ2v) is 3.76. The third-order valence-electron chi connectivity index (χ3n) is 2.37. The third kappa shape index (κ3) is 4.95. The SMILES string of the molecule is N[C@H](C(=O)O)C(O)CCOCc1ccccc1. The molecule has 0 aliphatic heterocycles. The van der Waals surface area contributed by atoms with E-state index >= 15 is 0 Å². The van der Waals surface area contributed by atoms with Gasteiger partial charge in [-0.25, -0.2) is 0 Å². The van der Waals surface area contributed by atoms with Crippen LogP contribution in [-0.2, 0) is 16.1 Å². The summed E-state index contributed by atoms with van der Waals surface area (Å²) in [5.74, 6) is -1.21. The number of ether oxygens (including phenoxy) is 1. The largest absolute Gasteiger partial charge is 0.480 e. The molecule has 0 radical (unpaired) electrons. The first kappa shape index (κ1) is 13.6. The van der Waals surface area contributed by atoms with Crippen LogP contribution in [-0.4, -0.2) is 34.9 Å². The van der Waals surface area contributed by atoms with E-state index in [2.05, 4.69) is 0 Å². The predicted molar refractivity (Wildman–Crippen MR) is 62.3 cm³/mol. The lowest BCUT2D eigenvalue weighted by Crippen LogP contribution is -2.42. The van der Waals surface area contributed by atoms with E-state index < -0.39 is 18.1 Å². The number of benzene rings is 1. The summed E-state index contributed by atoms with van der Waals surface area (Å²) >= 11 is 0. The molecule has 0 aliphatic rings. The van der Waals surface area contributed by atoms with E-state index in [-0.39, 0.29) is 13.0 Å². The van der Waals surface area contributed by atoms with Crippen molar-refractivity contribution in [1.29, 1.82) is 0 Å². The molecule has 0 saturated carbocycles. The zero-order valence-corrected chi connectivity index (χ0v) is 9.45. The van der Waals surface area contributed by atoms with Crippen LogP contribution >= 0.6 is 0 Å². The van der Waals surface area contributed by atoms with Crippen molar-refractivity contribution in [3.63, 3.8) is 0 Å². The van der Waals surface area contributed by atoms with Gasteiger partial charge < -0.3 is 20.7 Å². The molecule has 1 aromatic carbocycles. The number of hydrogen-bond donors (Lipinski definition) is 3. The number of nitrogens with two attached hydrogens (primary N) is 1. The lowest BCUT2D eigenvalue weighted by atomic mass is 10.1. The maximum Gasteiger partial charge on any atom is 0.323 e. The molecule has 1 aromatic rings. The van der Waals surface area contributed by atoms with E-state index in [4.69, 9.17) is 15.6 Å². The standard InChI is InChI=1S/C12H17NO4/c13-11(12(15)16)10(14)6-7-17-8-9-4-2-1-3-5-9/h1-5,10-11,14H,6-8,13H2,(H,15,16)/t10?,11-/m0/s1. The maximum atomic E-state index is 10.5. The van der Waals surface area contributed by atoms with Crippen molar-refractivity contribution in [1.82, 2.24) is 0 Å². The van der Waals surface area contributed by atoms with Crippen LogP contribution in [0.5, 0.6) is 0 Å². The Bertz CT molecular complexity index is 342. The molecule has 5 heteroatoms. The second-order valence-electron chi connectivity index (χ2n) is 3.76. The van der Waals surface area contributed by atoms with Crippen LogP contribution in [0.25, 0.3) is 0 Å². The Kier molecular flexibility index (Phi) is 5.62. The molecule has 0 aliphatic carbocycles. The summed E-state index contributed by atoms with van der Waals surface area (Å²) in [5, 5.41) is 18.0. The Morgan fingerprint density at radius 2 is 2.00 bits per heavy atom. The monoisotopic (exact) mass is 239 g/mol. The molecule has 0 saturated heterocycles. The number of carbonyl (C=O) groups is 1. The van der Waals surface area contributed by atoms with Crippen molar-refractivity contribution >= 4 is 5.97 Å². The van der Waals surface area contributed by atoms with Crippen molar-refractivity contribution in [3.05, 3.63) is 35.9 Å². The summed E-state index contributed by atoms with van der Waals surface area (Å²) in [7, 11) is 0. The van der Waals surface area contributed by atoms with Crippen molar-refractivity contribution < 1.29 is 19.7 Å². The minimum atomic E-state index is -1.25. The molecular weight excluding hydrogens is 222 g/mol. The van der Waals surface area contributed by atoms with E-state index in [1.165, 1.54) is 0 Å². The van der Waals surface area contributed by atoms with E-state index in [1.807, 2.05) is 30.3 Å². The van der Waals surface area contributed by atoms with Gasteiger partial charge in [-0.05, 0) is 12.0 Å². The Morgan fingerprint density at radius 1 is 1.35 bits per heavy atom. The molecule has 0 heterocycles. The van der Waals surface area contributed by atoms with Crippen LogP contribution in [0.4, 0.5) is 0 Å². The zero-order valence-electron chi connectivity index (χ0n) is 9.45. The molecule has 0 amide bonds. The lowest BCUT2D eigenvalue weighted by molar-refractivity contribution is -0.141. The van der Waals surface area contributed by atoms with Crippen LogP contribution in [0.3, 0.4) is 0 Å². The quantitative estimate of drug-likeness (QED) is 0.598. The predicted octanol–water partition coefficient (Wildman–Crippen LogP) is 0.366. The molecule has 94 valence electrons. The Balaban J connectivity index is 2.18. The number of carboxylic acid groups (broad SMARTS) is 1. The molecular formula is C12H17NO4. The first-order chi connectivity index (χ1) is 8.11. The van der Waals surface area contributed by atoms with E-state index in [0.29, 0.717) is 6.61 Å². The molecule has 5 nitrogen and oxygen atoms in total. The van der Waals surface area contributed by atoms with Gasteiger partial charge in [-0.1, -0.05) is 30.3 Å². The fraction of sp³-hybridized carbons (Fsp3) is 0.417. The Labute approximate surface area is 99.8 Å². The smallest absolute Gasteiger partial charge is 0.323 e. The van der Waals surface area contributed by atoms with E-state index in [9.17, 15) is 9.90 Å². The van der Waals surface area contributed by atoms with Gasteiger partial charge in [0.2, 0.25) is 0 Å². The molecule has 0 fully saturated rings. The molecule has 0 aromatic heterocycles. The first-order valence-electron chi connectivity index (χ1n) is 5.39. The number of carboxylic acids is 1. The van der Waals surface area contributed by atoms with E-state index in [1.54, 1.807) is 0 Å². The molecule has 4 N–H and O–H groups in total. The van der Waals surface area contributed by atoms with E-state index in [0.717, 1.165) is 5.56 Å². The van der Waals surface area contributed by atoms with Gasteiger partial charge in [0.05, 0.1) is 12.7 Å². The number of hydrogen-bond acceptors (Lipinski definition) is 4. The molecule has 17 heavy (non-hydrogen) atoms. The topological polar surface area (TPSA) is 92.8 Å². The number of rotatable bonds is 7. The Hall–Kier alpha value is -1.43. The Morgan fingerprint density at radius 3 is 2.59 bits per heavy atom. The summed E-state index contributed by atoms with van der Waals surface area (Å²) in [6, 6.07) is 8.34. The van der Waals surface area contributed by atoms with Crippen molar-refractivity contribution in [2.24, 2.45) is 5.73 Å². The highest BCUT2D eigenvalue weighted by atomic mass is 16.5. The van der Waals surface area contributed by atoms with Gasteiger partial charge >= 0.3 is 5.97 Å². The van der Waals surface area contributed by atoms with Crippen LogP contribution in [0.2, 0.25) is 0 Å². The molecule has 0 bridgehead atoms. The first-order valence-corrected chi connectivity index (χ1v) is 5.39. The molecule has 1 unspecified atom stereocenters. The normalized spacial score (nSPS) is 14.2. The van der Waals surface area contributed by atoms with Gasteiger partial charge in [0.15, 0.2) is 0 Å². The molecule has 0 spiro atoms. The number of aliphatic hydroxyl groups is 1. The molecule has 2 atom stereocenters. The maximum absolute atomic E-state index is 10.5. The van der Waals surface area contributed by atoms with Crippen LogP contribution in [0.1, 0.15) is 12.0 Å². The number of aliphatic hydroxyl groups excluding tert-OH is 1. The van der Waals surface area contributed by atoms with Gasteiger partial charge in [0, 0.05) is 6.61 Å². The molecule has 1 rings (SSSR count). The average Bonchev–Trinajstić information content (AvgIpc) is 2.34. The van der Waals surface area contributed by atoms with Crippen molar-refractivity contribution in [3.8, 4) is 0 Å². The minimum absolute atomic E-state index is 0.209. The summed E-state index contributed by atoms with van der Waals surface area (Å²) in [5.41, 5.74) is 6.28. The summed E-state index contributed by atoms with van der Waals surface area (Å²) in [4.78, 5) is 10.5.